The summed E-state index contributed by atoms with van der Waals surface area (Å²) in [7, 11) is 5.37. The van der Waals surface area contributed by atoms with E-state index in [1.54, 1.807) is 12.1 Å². The highest BCUT2D eigenvalue weighted by atomic mass is 19.1. The van der Waals surface area contributed by atoms with Crippen molar-refractivity contribution in [2.24, 2.45) is 23.7 Å². The van der Waals surface area contributed by atoms with Crippen LogP contribution in [-0.2, 0) is 26.2 Å². The van der Waals surface area contributed by atoms with E-state index >= 15 is 8.78 Å². The fourth-order valence-electron chi connectivity index (χ4n) is 9.56. The van der Waals surface area contributed by atoms with Gasteiger partial charge in [0, 0.05) is 63.6 Å². The van der Waals surface area contributed by atoms with Gasteiger partial charge in [0.15, 0.2) is 0 Å². The minimum atomic E-state index is -0.329. The number of piperidine rings is 1. The Morgan fingerprint density at radius 2 is 1.80 bits per heavy atom. The van der Waals surface area contributed by atoms with Crippen molar-refractivity contribution in [3.05, 3.63) is 64.7 Å². The maximum absolute atomic E-state index is 15.1. The summed E-state index contributed by atoms with van der Waals surface area (Å²) in [6, 6.07) is 12.7. The lowest BCUT2D eigenvalue weighted by molar-refractivity contribution is -0.142. The van der Waals surface area contributed by atoms with Crippen LogP contribution >= 0.6 is 0 Å². The highest BCUT2D eigenvalue weighted by molar-refractivity contribution is 5.69. The fourth-order valence-corrected chi connectivity index (χ4v) is 9.56. The number of ether oxygens (including phenoxy) is 2. The monoisotopic (exact) mass is 677 g/mol. The summed E-state index contributed by atoms with van der Waals surface area (Å²) in [6.45, 7) is 9.06. The number of likely N-dealkylation sites (tertiary alicyclic amines) is 1. The van der Waals surface area contributed by atoms with E-state index in [1.165, 1.54) is 13.2 Å². The number of hydrogen-bond donors (Lipinski definition) is 0. The summed E-state index contributed by atoms with van der Waals surface area (Å²) in [5.74, 6) is 0.567. The van der Waals surface area contributed by atoms with Gasteiger partial charge in [-0.3, -0.25) is 9.69 Å². The molecule has 0 aromatic heterocycles. The Morgan fingerprint density at radius 3 is 2.47 bits per heavy atom. The molecule has 4 aliphatic rings. The molecule has 3 atom stereocenters. The Labute approximate surface area is 290 Å². The molecule has 0 radical (unpaired) electrons. The molecule has 3 saturated heterocycles. The molecule has 2 aromatic rings. The minimum absolute atomic E-state index is 0.157. The molecule has 0 amide bonds. The van der Waals surface area contributed by atoms with Crippen molar-refractivity contribution in [2.45, 2.75) is 50.5 Å². The molecule has 6 rings (SSSR count). The second-order valence-electron chi connectivity index (χ2n) is 15.2. The zero-order valence-electron chi connectivity index (χ0n) is 29.5. The molecule has 0 bridgehead atoms. The average Bonchev–Trinajstić information content (AvgIpc) is 3.54. The molecule has 3 heterocycles. The van der Waals surface area contributed by atoms with Gasteiger partial charge < -0.3 is 24.2 Å². The van der Waals surface area contributed by atoms with Crippen molar-refractivity contribution in [1.82, 2.24) is 14.7 Å². The van der Waals surface area contributed by atoms with Gasteiger partial charge in [-0.1, -0.05) is 18.6 Å². The van der Waals surface area contributed by atoms with Crippen LogP contribution in [0.4, 0.5) is 14.5 Å². The Balaban J connectivity index is 1.18. The van der Waals surface area contributed by atoms with Crippen molar-refractivity contribution in [2.75, 3.05) is 91.7 Å². The van der Waals surface area contributed by atoms with E-state index in [0.717, 1.165) is 95.6 Å². The molecule has 0 spiro atoms. The Bertz CT molecular complexity index is 1480. The zero-order valence-corrected chi connectivity index (χ0v) is 29.5. The van der Waals surface area contributed by atoms with Crippen molar-refractivity contribution < 1.29 is 23.0 Å². The van der Waals surface area contributed by atoms with Crippen molar-refractivity contribution in [3.8, 4) is 6.07 Å². The average molecular weight is 678 g/mol. The molecule has 4 fully saturated rings. The highest BCUT2D eigenvalue weighted by Crippen LogP contribution is 2.54. The number of anilines is 1. The number of benzene rings is 2. The molecule has 266 valence electrons. The van der Waals surface area contributed by atoms with Gasteiger partial charge >= 0.3 is 5.97 Å². The highest BCUT2D eigenvalue weighted by Gasteiger charge is 2.52. The maximum Gasteiger partial charge on any atom is 0.305 e. The predicted octanol–water partition coefficient (Wildman–Crippen LogP) is 5.30. The van der Waals surface area contributed by atoms with Gasteiger partial charge in [0.1, 0.15) is 11.6 Å². The number of esters is 1. The number of halogens is 2. The van der Waals surface area contributed by atoms with Crippen LogP contribution in [0.2, 0.25) is 0 Å². The smallest absolute Gasteiger partial charge is 0.305 e. The van der Waals surface area contributed by atoms with E-state index < -0.39 is 0 Å². The standard InChI is InChI=1S/C39H53F2N5O3/c1-43(2)26-31-19-37(36(41)18-30(31)22-42)46-24-28(25-46)23-44-12-10-32(11-13-44)39(27-45-14-16-49-17-15-45,33-7-5-8-34(40)21-33)35-9-4-6-29(35)20-38(47)48-3/h5,7-8,18-19,21,28-29,32,35H,4,6,9-17,20,23-27H2,1-3H3/t29-,35+,39+/m1/s1. The van der Waals surface area contributed by atoms with Crippen molar-refractivity contribution in [1.29, 1.82) is 5.26 Å². The van der Waals surface area contributed by atoms with Crippen molar-refractivity contribution in [3.63, 3.8) is 0 Å². The Morgan fingerprint density at radius 1 is 1.04 bits per heavy atom. The zero-order chi connectivity index (χ0) is 34.5. The van der Waals surface area contributed by atoms with Gasteiger partial charge in [-0.25, -0.2) is 8.78 Å². The summed E-state index contributed by atoms with van der Waals surface area (Å²) < 4.78 is 41.0. The SMILES string of the molecule is COC(=O)C[C@H]1CCC[C@@H]1[C@](CN1CCOCC1)(c1cccc(F)c1)C1CCN(CC2CN(c3cc(CN(C)C)c(C#N)cc3F)C2)CC1. The Kier molecular flexibility index (Phi) is 11.5. The molecule has 1 saturated carbocycles. The first-order chi connectivity index (χ1) is 23.7. The normalized spacial score (nSPS) is 24.1. The van der Waals surface area contributed by atoms with Gasteiger partial charge in [0.05, 0.1) is 37.6 Å². The number of hydrogen-bond acceptors (Lipinski definition) is 8. The lowest BCUT2D eigenvalue weighted by Gasteiger charge is -2.53. The van der Waals surface area contributed by atoms with Crippen LogP contribution in [0, 0.1) is 46.6 Å². The molecule has 3 aliphatic heterocycles. The van der Waals surface area contributed by atoms with Crippen LogP contribution in [0.25, 0.3) is 0 Å². The molecule has 8 nitrogen and oxygen atoms in total. The van der Waals surface area contributed by atoms with Gasteiger partial charge in [0.25, 0.3) is 0 Å². The summed E-state index contributed by atoms with van der Waals surface area (Å²) in [4.78, 5) is 21.8. The quantitative estimate of drug-likeness (QED) is 0.281. The number of nitrogens with zero attached hydrogens (tertiary/aromatic N) is 5. The Hall–Kier alpha value is -3.10. The predicted molar refractivity (Wildman–Crippen MR) is 186 cm³/mol. The second kappa shape index (κ2) is 15.8. The van der Waals surface area contributed by atoms with E-state index in [-0.39, 0.29) is 34.9 Å². The van der Waals surface area contributed by atoms with Crippen molar-refractivity contribution >= 4 is 11.7 Å². The summed E-state index contributed by atoms with van der Waals surface area (Å²) in [5.41, 5.74) is 2.63. The molecule has 0 unspecified atom stereocenters. The molecule has 0 N–H and O–H groups in total. The molecule has 1 aliphatic carbocycles. The van der Waals surface area contributed by atoms with Crippen LogP contribution in [0.1, 0.15) is 55.2 Å². The minimum Gasteiger partial charge on any atom is -0.469 e. The number of carbonyl (C=O) groups excluding carboxylic acids is 1. The van der Waals surface area contributed by atoms with Gasteiger partial charge in [-0.2, -0.15) is 5.26 Å². The van der Waals surface area contributed by atoms with Gasteiger partial charge in [-0.15, -0.1) is 0 Å². The van der Waals surface area contributed by atoms with E-state index in [4.69, 9.17) is 9.47 Å². The van der Waals surface area contributed by atoms with E-state index in [1.807, 2.05) is 31.1 Å². The van der Waals surface area contributed by atoms with Gasteiger partial charge in [-0.05, 0) is 106 Å². The first-order valence-corrected chi connectivity index (χ1v) is 18.2. The number of morpholine rings is 1. The van der Waals surface area contributed by atoms with E-state index in [0.29, 0.717) is 49.3 Å². The van der Waals surface area contributed by atoms with Crippen LogP contribution < -0.4 is 4.90 Å². The third kappa shape index (κ3) is 7.96. The third-order valence-corrected chi connectivity index (χ3v) is 11.8. The molecule has 2 aromatic carbocycles. The molecular formula is C39H53F2N5O3. The third-order valence-electron chi connectivity index (χ3n) is 11.8. The molecular weight excluding hydrogens is 624 g/mol. The van der Waals surface area contributed by atoms with Crippen LogP contribution in [0.5, 0.6) is 0 Å². The topological polar surface area (TPSA) is 72.3 Å². The number of rotatable bonds is 12. The summed E-state index contributed by atoms with van der Waals surface area (Å²) in [5, 5.41) is 9.53. The van der Waals surface area contributed by atoms with Crippen LogP contribution in [0.15, 0.2) is 36.4 Å². The summed E-state index contributed by atoms with van der Waals surface area (Å²) in [6.07, 6.45) is 5.53. The van der Waals surface area contributed by atoms with Crippen LogP contribution in [-0.4, -0.2) is 107 Å². The van der Waals surface area contributed by atoms with E-state index in [9.17, 15) is 10.1 Å². The first-order valence-electron chi connectivity index (χ1n) is 18.2. The number of carbonyl (C=O) groups is 1. The maximum atomic E-state index is 15.1. The fraction of sp³-hybridized carbons (Fsp3) is 0.641. The van der Waals surface area contributed by atoms with Gasteiger partial charge in [0.2, 0.25) is 0 Å². The molecule has 49 heavy (non-hydrogen) atoms. The number of methoxy groups -OCH3 is 1. The second-order valence-corrected chi connectivity index (χ2v) is 15.2. The van der Waals surface area contributed by atoms with Crippen LogP contribution in [0.3, 0.4) is 0 Å². The summed E-state index contributed by atoms with van der Waals surface area (Å²) >= 11 is 0. The lowest BCUT2D eigenvalue weighted by Crippen LogP contribution is -2.57. The van der Waals surface area contributed by atoms with E-state index in [2.05, 4.69) is 26.8 Å². The largest absolute Gasteiger partial charge is 0.469 e. The first kappa shape index (κ1) is 35.7. The molecule has 10 heteroatoms. The lowest BCUT2D eigenvalue weighted by atomic mass is 9.56. The number of nitriles is 1.